The molecule has 10 heteroatoms. The highest BCUT2D eigenvalue weighted by molar-refractivity contribution is 5.90. The highest BCUT2D eigenvalue weighted by atomic mass is 16.5. The summed E-state index contributed by atoms with van der Waals surface area (Å²) in [6, 6.07) is -1.36. The molecular formula is C27H46N6O4. The van der Waals surface area contributed by atoms with Crippen molar-refractivity contribution in [3.8, 4) is 0 Å². The largest absolute Gasteiger partial charge is 0.391 e. The van der Waals surface area contributed by atoms with Crippen LogP contribution >= 0.6 is 0 Å². The van der Waals surface area contributed by atoms with Crippen LogP contribution in [0.1, 0.15) is 96.3 Å². The third-order valence-electron chi connectivity index (χ3n) is 8.78. The maximum Gasteiger partial charge on any atom is 0.248 e. The molecule has 1 aromatic rings. The van der Waals surface area contributed by atoms with Gasteiger partial charge in [0.2, 0.25) is 11.8 Å². The molecule has 1 aliphatic carbocycles. The molecule has 0 radical (unpaired) electrons. The van der Waals surface area contributed by atoms with Crippen LogP contribution in [0.5, 0.6) is 0 Å². The molecule has 10 nitrogen and oxygen atoms in total. The lowest BCUT2D eigenvalue weighted by atomic mass is 9.68. The van der Waals surface area contributed by atoms with Crippen molar-refractivity contribution in [3.63, 3.8) is 0 Å². The first-order valence-electron chi connectivity index (χ1n) is 14.0. The van der Waals surface area contributed by atoms with Gasteiger partial charge in [-0.2, -0.15) is 0 Å². The van der Waals surface area contributed by atoms with Crippen LogP contribution in [0.3, 0.4) is 0 Å². The van der Waals surface area contributed by atoms with E-state index in [9.17, 15) is 14.7 Å². The van der Waals surface area contributed by atoms with Crippen molar-refractivity contribution in [3.05, 3.63) is 11.9 Å². The Morgan fingerprint density at radius 2 is 1.86 bits per heavy atom. The van der Waals surface area contributed by atoms with Crippen molar-refractivity contribution in [1.29, 1.82) is 0 Å². The number of carbonyl (C=O) groups excluding carboxylic acids is 2. The van der Waals surface area contributed by atoms with Crippen molar-refractivity contribution < 1.29 is 19.4 Å². The van der Waals surface area contributed by atoms with E-state index in [1.807, 2.05) is 34.1 Å². The summed E-state index contributed by atoms with van der Waals surface area (Å²) in [5.74, 6) is -0.494. The predicted octanol–water partition coefficient (Wildman–Crippen LogP) is 2.35. The van der Waals surface area contributed by atoms with Gasteiger partial charge >= 0.3 is 0 Å². The first-order chi connectivity index (χ1) is 17.6. The number of hydrogen-bond donors (Lipinski definition) is 3. The SMILES string of the molecule is CNC(=O)[C@@H]1C[C@@H](O)CN1C(=O)[C@@H](n1cc(C2CC(OC)C3(CCCCCCC3)CN2)nn1)C(C)(C)C. The third-order valence-corrected chi connectivity index (χ3v) is 8.78. The summed E-state index contributed by atoms with van der Waals surface area (Å²) in [5, 5.41) is 25.5. The Morgan fingerprint density at radius 1 is 1.19 bits per heavy atom. The molecule has 1 aromatic heterocycles. The summed E-state index contributed by atoms with van der Waals surface area (Å²) >= 11 is 0. The van der Waals surface area contributed by atoms with Gasteiger partial charge in [0.15, 0.2) is 0 Å². The lowest BCUT2D eigenvalue weighted by Gasteiger charge is -2.47. The number of nitrogens with zero attached hydrogens (tertiary/aromatic N) is 4. The number of amides is 2. The van der Waals surface area contributed by atoms with Gasteiger partial charge in [-0.25, -0.2) is 4.68 Å². The third kappa shape index (κ3) is 5.86. The van der Waals surface area contributed by atoms with E-state index in [2.05, 4.69) is 20.9 Å². The van der Waals surface area contributed by atoms with Crippen LogP contribution in [-0.2, 0) is 14.3 Å². The molecule has 5 atom stereocenters. The standard InChI is InChI=1S/C27H46N6O4/c1-26(2,3)23(25(36)32-15-18(34)13-21(32)24(35)28-4)33-16-20(30-31-33)19-14-22(37-5)27(17-29-19)11-9-7-6-8-10-12-27/h16,18-19,21-23,29,34H,6-15,17H2,1-5H3,(H,28,35)/t18-,19?,21+,22?,23-/m1/s1. The molecule has 3 aliphatic rings. The Morgan fingerprint density at radius 3 is 2.49 bits per heavy atom. The molecule has 2 aliphatic heterocycles. The smallest absolute Gasteiger partial charge is 0.248 e. The summed E-state index contributed by atoms with van der Waals surface area (Å²) in [6.07, 6.45) is 11.2. The van der Waals surface area contributed by atoms with Crippen LogP contribution in [0.25, 0.3) is 0 Å². The van der Waals surface area contributed by atoms with Crippen molar-refractivity contribution in [1.82, 2.24) is 30.5 Å². The fraction of sp³-hybridized carbons (Fsp3) is 0.852. The van der Waals surface area contributed by atoms with Gasteiger partial charge in [0.1, 0.15) is 12.1 Å². The average molecular weight is 519 g/mol. The van der Waals surface area contributed by atoms with Crippen molar-refractivity contribution >= 4 is 11.8 Å². The van der Waals surface area contributed by atoms with E-state index >= 15 is 0 Å². The normalized spacial score (nSPS) is 29.5. The van der Waals surface area contributed by atoms with Crippen LogP contribution in [0.2, 0.25) is 0 Å². The molecular weight excluding hydrogens is 472 g/mol. The van der Waals surface area contributed by atoms with Crippen LogP contribution in [0.15, 0.2) is 6.20 Å². The highest BCUT2D eigenvalue weighted by Gasteiger charge is 2.46. The Hall–Kier alpha value is -2.04. The van der Waals surface area contributed by atoms with Gasteiger partial charge in [-0.05, 0) is 24.7 Å². The summed E-state index contributed by atoms with van der Waals surface area (Å²) in [4.78, 5) is 27.8. The number of piperidine rings is 1. The minimum atomic E-state index is -0.726. The summed E-state index contributed by atoms with van der Waals surface area (Å²) in [6.45, 7) is 6.97. The molecule has 3 fully saturated rings. The number of likely N-dealkylation sites (tertiary alicyclic amines) is 1. The molecule has 3 N–H and O–H groups in total. The molecule has 0 aromatic carbocycles. The number of hydrogen-bond acceptors (Lipinski definition) is 7. The molecule has 0 bridgehead atoms. The van der Waals surface area contributed by atoms with Gasteiger partial charge in [0.05, 0.1) is 30.1 Å². The predicted molar refractivity (Wildman–Crippen MR) is 140 cm³/mol. The number of aromatic nitrogens is 3. The zero-order valence-electron chi connectivity index (χ0n) is 23.2. The van der Waals surface area contributed by atoms with Crippen LogP contribution in [0.4, 0.5) is 0 Å². The fourth-order valence-corrected chi connectivity index (χ4v) is 6.75. The van der Waals surface area contributed by atoms with E-state index in [0.29, 0.717) is 0 Å². The number of likely N-dealkylation sites (N-methyl/N-ethyl adjacent to an activating group) is 1. The van der Waals surface area contributed by atoms with Gasteiger partial charge in [-0.3, -0.25) is 9.59 Å². The summed E-state index contributed by atoms with van der Waals surface area (Å²) < 4.78 is 7.73. The van der Waals surface area contributed by atoms with E-state index in [-0.39, 0.29) is 42.3 Å². The van der Waals surface area contributed by atoms with Crippen molar-refractivity contribution in [2.24, 2.45) is 10.8 Å². The number of methoxy groups -OCH3 is 1. The maximum atomic E-state index is 13.8. The summed E-state index contributed by atoms with van der Waals surface area (Å²) in [7, 11) is 3.37. The quantitative estimate of drug-likeness (QED) is 0.547. The fourth-order valence-electron chi connectivity index (χ4n) is 6.75. The number of rotatable bonds is 5. The van der Waals surface area contributed by atoms with Crippen LogP contribution in [-0.4, -0.2) is 82.3 Å². The minimum absolute atomic E-state index is 0.00212. The van der Waals surface area contributed by atoms with Gasteiger partial charge in [-0.15, -0.1) is 5.10 Å². The van der Waals surface area contributed by atoms with Gasteiger partial charge in [0, 0.05) is 39.1 Å². The first kappa shape index (κ1) is 28.0. The Bertz CT molecular complexity index is 936. The molecule has 1 spiro atoms. The lowest BCUT2D eigenvalue weighted by Crippen LogP contribution is -2.52. The highest BCUT2D eigenvalue weighted by Crippen LogP contribution is 2.44. The van der Waals surface area contributed by atoms with Crippen LogP contribution in [0, 0.1) is 10.8 Å². The van der Waals surface area contributed by atoms with E-state index < -0.39 is 23.6 Å². The van der Waals surface area contributed by atoms with E-state index in [1.165, 1.54) is 49.8 Å². The number of β-amino-alcohol motifs (C(OH)–C–C–N with tert-alkyl or cyclic N) is 1. The minimum Gasteiger partial charge on any atom is -0.391 e. The summed E-state index contributed by atoms with van der Waals surface area (Å²) in [5.41, 5.74) is 0.479. The van der Waals surface area contributed by atoms with Gasteiger partial charge in [-0.1, -0.05) is 58.1 Å². The molecule has 1 saturated carbocycles. The Balaban J connectivity index is 1.54. The van der Waals surface area contributed by atoms with E-state index in [1.54, 1.807) is 11.7 Å². The van der Waals surface area contributed by atoms with Crippen molar-refractivity contribution in [2.75, 3.05) is 27.2 Å². The zero-order chi connectivity index (χ0) is 26.8. The molecule has 2 saturated heterocycles. The van der Waals surface area contributed by atoms with Gasteiger partial charge in [0.25, 0.3) is 0 Å². The maximum absolute atomic E-state index is 13.8. The average Bonchev–Trinajstić information content (AvgIpc) is 3.47. The Kier molecular flexibility index (Phi) is 8.60. The number of aliphatic hydroxyl groups is 1. The monoisotopic (exact) mass is 518 g/mol. The lowest BCUT2D eigenvalue weighted by molar-refractivity contribution is -0.144. The first-order valence-corrected chi connectivity index (χ1v) is 14.0. The second-order valence-corrected chi connectivity index (χ2v) is 12.4. The van der Waals surface area contributed by atoms with Gasteiger partial charge < -0.3 is 25.4 Å². The Labute approximate surface area is 220 Å². The second kappa shape index (κ2) is 11.4. The number of aliphatic hydroxyl groups excluding tert-OH is 1. The van der Waals surface area contributed by atoms with E-state index in [0.717, 1.165) is 18.7 Å². The number of ether oxygens (including phenoxy) is 1. The zero-order valence-corrected chi connectivity index (χ0v) is 23.2. The second-order valence-electron chi connectivity index (χ2n) is 12.4. The molecule has 2 amide bonds. The molecule has 3 heterocycles. The van der Waals surface area contributed by atoms with Crippen LogP contribution < -0.4 is 10.6 Å². The molecule has 4 rings (SSSR count). The number of carbonyl (C=O) groups is 2. The van der Waals surface area contributed by atoms with E-state index in [4.69, 9.17) is 4.74 Å². The molecule has 37 heavy (non-hydrogen) atoms. The topological polar surface area (TPSA) is 122 Å². The molecule has 208 valence electrons. The number of nitrogens with one attached hydrogen (secondary N) is 2. The molecule has 2 unspecified atom stereocenters. The van der Waals surface area contributed by atoms with Crippen molar-refractivity contribution in [2.45, 2.75) is 109 Å².